The van der Waals surface area contributed by atoms with Crippen LogP contribution < -0.4 is 5.32 Å². The molecule has 0 bridgehead atoms. The molecule has 0 aliphatic heterocycles. The van der Waals surface area contributed by atoms with E-state index in [2.05, 4.69) is 23.9 Å². The van der Waals surface area contributed by atoms with Crippen molar-refractivity contribution in [1.29, 1.82) is 0 Å². The highest BCUT2D eigenvalue weighted by atomic mass is 16.5. The molecular formula is C10H25NO4. The molecule has 0 saturated carbocycles. The van der Waals surface area contributed by atoms with Crippen molar-refractivity contribution in [2.24, 2.45) is 0 Å². The number of hydrogen-bond acceptors (Lipinski definition) is 4. The third kappa shape index (κ3) is 63.8. The molecule has 15 heavy (non-hydrogen) atoms. The fourth-order valence-electron chi connectivity index (χ4n) is 0.197. The topological polar surface area (TPSA) is 75.6 Å². The quantitative estimate of drug-likeness (QED) is 0.697. The van der Waals surface area contributed by atoms with Crippen LogP contribution in [-0.4, -0.2) is 38.3 Å². The number of amides is 1. The minimum atomic E-state index is -0.586. The van der Waals surface area contributed by atoms with Crippen molar-refractivity contribution in [3.8, 4) is 0 Å². The Kier molecular flexibility index (Phi) is 60.4. The molecule has 0 heterocycles. The van der Waals surface area contributed by atoms with E-state index in [0.29, 0.717) is 6.29 Å². The fraction of sp³-hybridized carbons (Fsp3) is 0.800. The van der Waals surface area contributed by atoms with E-state index in [9.17, 15) is 9.59 Å². The van der Waals surface area contributed by atoms with Crippen LogP contribution in [0.2, 0.25) is 0 Å². The highest BCUT2D eigenvalue weighted by molar-refractivity contribution is 5.70. The first kappa shape index (κ1) is 23.6. The molecule has 94 valence electrons. The summed E-state index contributed by atoms with van der Waals surface area (Å²) in [4.78, 5) is 19.6. The van der Waals surface area contributed by atoms with Gasteiger partial charge in [-0.3, -0.25) is 0 Å². The Morgan fingerprint density at radius 3 is 1.87 bits per heavy atom. The number of carbonyl (C=O) groups is 2. The van der Waals surface area contributed by atoms with E-state index < -0.39 is 6.09 Å². The molecule has 0 unspecified atom stereocenters. The summed E-state index contributed by atoms with van der Waals surface area (Å²) in [5, 5.41) is 9.15. The van der Waals surface area contributed by atoms with Gasteiger partial charge in [0.25, 0.3) is 0 Å². The lowest BCUT2D eigenvalue weighted by Crippen LogP contribution is -2.24. The van der Waals surface area contributed by atoms with Gasteiger partial charge in [-0.15, -0.1) is 0 Å². The Labute approximate surface area is 92.8 Å². The standard InChI is InChI=1S/C4H7NO3.C3H8.C2H6.CH4O/c1-8-4(7)5-2-3-6;1-3-2;2*1-2/h3H,2H2,1H3,(H,5,7);3H2,1-2H3;1-2H3;2H,1H3. The number of rotatable bonds is 2. The molecule has 5 nitrogen and oxygen atoms in total. The van der Waals surface area contributed by atoms with Crippen molar-refractivity contribution in [3.63, 3.8) is 0 Å². The zero-order valence-electron chi connectivity index (χ0n) is 10.7. The summed E-state index contributed by atoms with van der Waals surface area (Å²) in [5.41, 5.74) is 0. The van der Waals surface area contributed by atoms with Crippen LogP contribution in [0.5, 0.6) is 0 Å². The number of hydrogen-bond donors (Lipinski definition) is 2. The molecule has 0 aromatic heterocycles. The normalized spacial score (nSPS) is 6.07. The largest absolute Gasteiger partial charge is 0.453 e. The van der Waals surface area contributed by atoms with E-state index in [1.54, 1.807) is 0 Å². The summed E-state index contributed by atoms with van der Waals surface area (Å²) >= 11 is 0. The third-order valence-electron chi connectivity index (χ3n) is 0.515. The van der Waals surface area contributed by atoms with Gasteiger partial charge in [-0.25, -0.2) is 4.79 Å². The van der Waals surface area contributed by atoms with Gasteiger partial charge in [-0.05, 0) is 0 Å². The van der Waals surface area contributed by atoms with Gasteiger partial charge in [0, 0.05) is 7.11 Å². The average molecular weight is 223 g/mol. The van der Waals surface area contributed by atoms with Crippen molar-refractivity contribution in [2.75, 3.05) is 20.8 Å². The molecule has 0 atom stereocenters. The zero-order valence-corrected chi connectivity index (χ0v) is 10.7. The van der Waals surface area contributed by atoms with Crippen LogP contribution in [0.25, 0.3) is 0 Å². The zero-order chi connectivity index (χ0) is 13.1. The number of methoxy groups -OCH3 is 1. The number of carbonyl (C=O) groups excluding carboxylic acids is 2. The van der Waals surface area contributed by atoms with E-state index in [1.165, 1.54) is 13.5 Å². The maximum absolute atomic E-state index is 10.1. The summed E-state index contributed by atoms with van der Waals surface area (Å²) in [6.07, 6.45) is 1.24. The van der Waals surface area contributed by atoms with Crippen LogP contribution in [0.3, 0.4) is 0 Å². The van der Waals surface area contributed by atoms with Crippen molar-refractivity contribution < 1.29 is 19.4 Å². The maximum Gasteiger partial charge on any atom is 0.407 e. The van der Waals surface area contributed by atoms with Gasteiger partial charge in [-0.1, -0.05) is 34.1 Å². The van der Waals surface area contributed by atoms with Crippen LogP contribution in [0.4, 0.5) is 4.79 Å². The number of alkyl carbamates (subject to hydrolysis) is 1. The van der Waals surface area contributed by atoms with E-state index in [-0.39, 0.29) is 6.54 Å². The molecule has 0 fully saturated rings. The first-order valence-corrected chi connectivity index (χ1v) is 4.93. The fourth-order valence-corrected chi connectivity index (χ4v) is 0.197. The molecule has 0 spiro atoms. The number of aliphatic hydroxyl groups excluding tert-OH is 1. The van der Waals surface area contributed by atoms with Crippen LogP contribution >= 0.6 is 0 Å². The Morgan fingerprint density at radius 1 is 1.33 bits per heavy atom. The molecule has 0 aliphatic rings. The molecule has 5 heteroatoms. The number of aliphatic hydroxyl groups is 1. The molecule has 1 amide bonds. The molecule has 2 N–H and O–H groups in total. The summed E-state index contributed by atoms with van der Waals surface area (Å²) in [6.45, 7) is 8.26. The second-order valence-electron chi connectivity index (χ2n) is 1.75. The second kappa shape index (κ2) is 38.4. The summed E-state index contributed by atoms with van der Waals surface area (Å²) in [7, 11) is 2.24. The van der Waals surface area contributed by atoms with Crippen LogP contribution in [0.15, 0.2) is 0 Å². The summed E-state index contributed by atoms with van der Waals surface area (Å²) < 4.78 is 4.14. The highest BCUT2D eigenvalue weighted by Gasteiger charge is 1.92. The molecule has 0 aliphatic carbocycles. The van der Waals surface area contributed by atoms with Crippen molar-refractivity contribution >= 4 is 12.4 Å². The van der Waals surface area contributed by atoms with E-state index in [4.69, 9.17) is 5.11 Å². The van der Waals surface area contributed by atoms with Gasteiger partial charge in [0.05, 0.1) is 13.7 Å². The highest BCUT2D eigenvalue weighted by Crippen LogP contribution is 1.65. The molecular weight excluding hydrogens is 198 g/mol. The van der Waals surface area contributed by atoms with Crippen molar-refractivity contribution in [2.45, 2.75) is 34.1 Å². The Balaban J connectivity index is -0.0000000726. The van der Waals surface area contributed by atoms with Gasteiger partial charge in [-0.2, -0.15) is 0 Å². The third-order valence-corrected chi connectivity index (χ3v) is 0.515. The van der Waals surface area contributed by atoms with E-state index in [1.807, 2.05) is 13.8 Å². The average Bonchev–Trinajstić information content (AvgIpc) is 2.32. The van der Waals surface area contributed by atoms with Crippen molar-refractivity contribution in [1.82, 2.24) is 5.32 Å². The van der Waals surface area contributed by atoms with Crippen LogP contribution in [0, 0.1) is 0 Å². The lowest BCUT2D eigenvalue weighted by molar-refractivity contribution is -0.107. The van der Waals surface area contributed by atoms with Crippen LogP contribution in [-0.2, 0) is 9.53 Å². The Morgan fingerprint density at radius 2 is 1.67 bits per heavy atom. The number of ether oxygens (including phenoxy) is 1. The molecule has 0 aromatic carbocycles. The predicted octanol–water partition coefficient (Wildman–Crippen LogP) is 1.59. The molecule has 0 saturated heterocycles. The Hall–Kier alpha value is -1.10. The van der Waals surface area contributed by atoms with Crippen molar-refractivity contribution in [3.05, 3.63) is 0 Å². The lowest BCUT2D eigenvalue weighted by Gasteiger charge is -1.94. The van der Waals surface area contributed by atoms with E-state index >= 15 is 0 Å². The second-order valence-corrected chi connectivity index (χ2v) is 1.75. The van der Waals surface area contributed by atoms with Gasteiger partial charge in [0.1, 0.15) is 6.29 Å². The lowest BCUT2D eigenvalue weighted by atomic mass is 10.6. The monoisotopic (exact) mass is 223 g/mol. The van der Waals surface area contributed by atoms with Gasteiger partial charge < -0.3 is 20.0 Å². The molecule has 0 rings (SSSR count). The molecule has 0 radical (unpaired) electrons. The SMILES string of the molecule is CC.CCC.CO.COC(=O)NCC=O. The minimum Gasteiger partial charge on any atom is -0.453 e. The number of aldehydes is 1. The van der Waals surface area contributed by atoms with Gasteiger partial charge in [0.15, 0.2) is 0 Å². The van der Waals surface area contributed by atoms with Crippen LogP contribution in [0.1, 0.15) is 34.1 Å². The predicted molar refractivity (Wildman–Crippen MR) is 61.9 cm³/mol. The Bertz CT molecular complexity index is 108. The minimum absolute atomic E-state index is 0.00662. The number of nitrogens with one attached hydrogen (secondary N) is 1. The van der Waals surface area contributed by atoms with Gasteiger partial charge in [0.2, 0.25) is 0 Å². The first-order chi connectivity index (χ1) is 7.22. The summed E-state index contributed by atoms with van der Waals surface area (Å²) in [6, 6.07) is 0. The molecule has 0 aromatic rings. The van der Waals surface area contributed by atoms with E-state index in [0.717, 1.165) is 7.11 Å². The smallest absolute Gasteiger partial charge is 0.407 e. The first-order valence-electron chi connectivity index (χ1n) is 4.93. The van der Waals surface area contributed by atoms with Gasteiger partial charge >= 0.3 is 6.09 Å². The summed E-state index contributed by atoms with van der Waals surface area (Å²) in [5.74, 6) is 0. The maximum atomic E-state index is 10.1.